The van der Waals surface area contributed by atoms with Gasteiger partial charge in [0.15, 0.2) is 0 Å². The van der Waals surface area contributed by atoms with E-state index in [1.54, 1.807) is 11.1 Å². The highest BCUT2D eigenvalue weighted by Gasteiger charge is 2.48. The molecule has 2 saturated heterocycles. The van der Waals surface area contributed by atoms with Crippen molar-refractivity contribution in [3.63, 3.8) is 0 Å². The van der Waals surface area contributed by atoms with Crippen molar-refractivity contribution < 1.29 is 13.6 Å². The van der Waals surface area contributed by atoms with E-state index in [1.165, 1.54) is 6.33 Å². The molecular weight excluding hydrogens is 492 g/mol. The SMILES string of the molecule is N#CCC1(n2cc(-c3ncnc4[nH]ccc34)cn2)CN(C2CCN(C(=O)Nc3cc(F)cc(F)c3)CC2)C1. The molecule has 0 spiro atoms. The molecular formula is C26H25F2N9O. The second kappa shape index (κ2) is 9.50. The van der Waals surface area contributed by atoms with Crippen molar-refractivity contribution in [2.24, 2.45) is 0 Å². The minimum Gasteiger partial charge on any atom is -0.346 e. The maximum atomic E-state index is 13.4. The van der Waals surface area contributed by atoms with E-state index in [1.807, 2.05) is 23.1 Å². The van der Waals surface area contributed by atoms with Gasteiger partial charge in [-0.05, 0) is 31.0 Å². The molecule has 2 aliphatic rings. The number of hydrogen-bond acceptors (Lipinski definition) is 6. The van der Waals surface area contributed by atoms with Crippen molar-refractivity contribution >= 4 is 22.8 Å². The molecule has 10 nitrogen and oxygen atoms in total. The summed E-state index contributed by atoms with van der Waals surface area (Å²) in [6.45, 7) is 2.43. The highest BCUT2D eigenvalue weighted by molar-refractivity contribution is 5.90. The van der Waals surface area contributed by atoms with E-state index in [-0.39, 0.29) is 17.8 Å². The summed E-state index contributed by atoms with van der Waals surface area (Å²) in [5.41, 5.74) is 2.08. The molecule has 0 unspecified atom stereocenters. The number of urea groups is 1. The number of carbonyl (C=O) groups excluding carboxylic acids is 1. The molecule has 6 rings (SSSR count). The van der Waals surface area contributed by atoms with E-state index in [0.717, 1.165) is 53.3 Å². The van der Waals surface area contributed by atoms with Crippen LogP contribution in [0.2, 0.25) is 0 Å². The third kappa shape index (κ3) is 4.35. The molecule has 5 heterocycles. The fourth-order valence-corrected chi connectivity index (χ4v) is 5.52. The third-order valence-corrected chi connectivity index (χ3v) is 7.48. The first-order chi connectivity index (χ1) is 18.4. The molecule has 0 aliphatic carbocycles. The summed E-state index contributed by atoms with van der Waals surface area (Å²) in [5, 5.41) is 17.7. The molecule has 4 aromatic rings. The van der Waals surface area contributed by atoms with Gasteiger partial charge in [0, 0.05) is 67.3 Å². The van der Waals surface area contributed by atoms with Crippen LogP contribution in [0.4, 0.5) is 19.3 Å². The first-order valence-electron chi connectivity index (χ1n) is 12.4. The Hall–Kier alpha value is -4.37. The Bertz CT molecular complexity index is 1510. The van der Waals surface area contributed by atoms with E-state index in [2.05, 4.69) is 36.3 Å². The molecule has 0 saturated carbocycles. The lowest BCUT2D eigenvalue weighted by atomic mass is 9.84. The minimum absolute atomic E-state index is 0.0939. The summed E-state index contributed by atoms with van der Waals surface area (Å²) in [6, 6.07) is 7.11. The van der Waals surface area contributed by atoms with Gasteiger partial charge < -0.3 is 15.2 Å². The molecule has 0 atom stereocenters. The van der Waals surface area contributed by atoms with Gasteiger partial charge in [0.25, 0.3) is 0 Å². The van der Waals surface area contributed by atoms with E-state index >= 15 is 0 Å². The minimum atomic E-state index is -0.739. The average Bonchev–Trinajstić information content (AvgIpc) is 3.56. The van der Waals surface area contributed by atoms with Gasteiger partial charge >= 0.3 is 6.03 Å². The quantitative estimate of drug-likeness (QED) is 0.417. The van der Waals surface area contributed by atoms with Gasteiger partial charge in [-0.3, -0.25) is 9.58 Å². The zero-order valence-corrected chi connectivity index (χ0v) is 20.4. The van der Waals surface area contributed by atoms with Crippen LogP contribution in [0.1, 0.15) is 19.3 Å². The number of H-pyrrole nitrogens is 1. The Labute approximate surface area is 216 Å². The Kier molecular flexibility index (Phi) is 6.00. The predicted octanol–water partition coefficient (Wildman–Crippen LogP) is 3.72. The van der Waals surface area contributed by atoms with Crippen LogP contribution in [-0.4, -0.2) is 72.8 Å². The fourth-order valence-electron chi connectivity index (χ4n) is 5.52. The van der Waals surface area contributed by atoms with Gasteiger partial charge in [-0.25, -0.2) is 23.5 Å². The van der Waals surface area contributed by atoms with Crippen LogP contribution in [-0.2, 0) is 5.54 Å². The maximum Gasteiger partial charge on any atom is 0.321 e. The van der Waals surface area contributed by atoms with Crippen LogP contribution in [0.25, 0.3) is 22.3 Å². The summed E-state index contributed by atoms with van der Waals surface area (Å²) in [4.78, 5) is 28.4. The number of nitrogens with zero attached hydrogens (tertiary/aromatic N) is 7. The van der Waals surface area contributed by atoms with Crippen molar-refractivity contribution in [2.75, 3.05) is 31.5 Å². The molecule has 0 bridgehead atoms. The number of nitriles is 1. The zero-order chi connectivity index (χ0) is 26.3. The first kappa shape index (κ1) is 24.0. The van der Waals surface area contributed by atoms with Crippen LogP contribution in [0.3, 0.4) is 0 Å². The number of amides is 2. The zero-order valence-electron chi connectivity index (χ0n) is 20.4. The number of anilines is 1. The molecule has 2 amide bonds. The number of rotatable bonds is 5. The Balaban J connectivity index is 1.09. The molecule has 3 aromatic heterocycles. The van der Waals surface area contributed by atoms with E-state index < -0.39 is 17.2 Å². The van der Waals surface area contributed by atoms with Gasteiger partial charge in [-0.15, -0.1) is 0 Å². The number of benzene rings is 1. The number of carbonyl (C=O) groups is 1. The lowest BCUT2D eigenvalue weighted by molar-refractivity contribution is -0.0399. The van der Waals surface area contributed by atoms with Crippen LogP contribution in [0.15, 0.2) is 49.2 Å². The monoisotopic (exact) mass is 517 g/mol. The molecule has 2 aliphatic heterocycles. The molecule has 38 heavy (non-hydrogen) atoms. The highest BCUT2D eigenvalue weighted by atomic mass is 19.1. The summed E-state index contributed by atoms with van der Waals surface area (Å²) in [5.74, 6) is -1.48. The summed E-state index contributed by atoms with van der Waals surface area (Å²) in [7, 11) is 0. The summed E-state index contributed by atoms with van der Waals surface area (Å²) in [6.07, 6.45) is 8.94. The van der Waals surface area contributed by atoms with E-state index in [0.29, 0.717) is 32.6 Å². The lowest BCUT2D eigenvalue weighted by Crippen LogP contribution is -2.66. The number of fused-ring (bicyclic) bond motifs is 1. The average molecular weight is 518 g/mol. The fraction of sp³-hybridized carbons (Fsp3) is 0.346. The van der Waals surface area contributed by atoms with Crippen molar-refractivity contribution in [3.05, 3.63) is 60.8 Å². The summed E-state index contributed by atoms with van der Waals surface area (Å²) >= 11 is 0. The van der Waals surface area contributed by atoms with Crippen molar-refractivity contribution in [1.29, 1.82) is 5.26 Å². The Morgan fingerprint density at radius 3 is 2.68 bits per heavy atom. The van der Waals surface area contributed by atoms with Crippen LogP contribution in [0.5, 0.6) is 0 Å². The van der Waals surface area contributed by atoms with Gasteiger partial charge in [0.05, 0.1) is 24.4 Å². The largest absolute Gasteiger partial charge is 0.346 e. The number of hydrogen-bond donors (Lipinski definition) is 2. The molecule has 2 N–H and O–H groups in total. The number of piperidine rings is 1. The van der Waals surface area contributed by atoms with Crippen molar-refractivity contribution in [3.8, 4) is 17.3 Å². The van der Waals surface area contributed by atoms with Crippen LogP contribution < -0.4 is 5.32 Å². The van der Waals surface area contributed by atoms with E-state index in [4.69, 9.17) is 0 Å². The van der Waals surface area contributed by atoms with Crippen LogP contribution >= 0.6 is 0 Å². The first-order valence-corrected chi connectivity index (χ1v) is 12.4. The number of nitrogens with one attached hydrogen (secondary N) is 2. The van der Waals surface area contributed by atoms with E-state index in [9.17, 15) is 18.8 Å². The third-order valence-electron chi connectivity index (χ3n) is 7.48. The lowest BCUT2D eigenvalue weighted by Gasteiger charge is -2.53. The number of likely N-dealkylation sites (tertiary alicyclic amines) is 2. The van der Waals surface area contributed by atoms with Crippen LogP contribution in [0, 0.1) is 23.0 Å². The summed E-state index contributed by atoms with van der Waals surface area (Å²) < 4.78 is 28.8. The topological polar surface area (TPSA) is 119 Å². The number of aromatic amines is 1. The predicted molar refractivity (Wildman–Crippen MR) is 135 cm³/mol. The molecule has 12 heteroatoms. The normalized spacial score (nSPS) is 17.8. The molecule has 194 valence electrons. The van der Waals surface area contributed by atoms with Gasteiger partial charge in [-0.1, -0.05) is 0 Å². The number of aromatic nitrogens is 5. The second-order valence-corrected chi connectivity index (χ2v) is 9.91. The second-order valence-electron chi connectivity index (χ2n) is 9.91. The Morgan fingerprint density at radius 2 is 1.95 bits per heavy atom. The smallest absolute Gasteiger partial charge is 0.321 e. The Morgan fingerprint density at radius 1 is 1.18 bits per heavy atom. The highest BCUT2D eigenvalue weighted by Crippen LogP contribution is 2.37. The van der Waals surface area contributed by atoms with Gasteiger partial charge in [0.2, 0.25) is 0 Å². The standard InChI is InChI=1S/C26H25F2N9O/c27-18-9-19(28)11-20(10-18)34-25(38)35-7-2-21(3-8-35)36-14-26(15-36,4-5-29)37-13-17(12-33-37)23-22-1-6-30-24(22)32-16-31-23/h1,6,9-13,16,21H,2-4,7-8,14-15H2,(H,34,38)(H,30,31,32). The number of halogens is 2. The molecule has 2 fully saturated rings. The molecule has 0 radical (unpaired) electrons. The molecule has 1 aromatic carbocycles. The maximum absolute atomic E-state index is 13.4. The van der Waals surface area contributed by atoms with Gasteiger partial charge in [-0.2, -0.15) is 10.4 Å². The van der Waals surface area contributed by atoms with Gasteiger partial charge in [0.1, 0.15) is 29.1 Å². The van der Waals surface area contributed by atoms with Crippen molar-refractivity contribution in [2.45, 2.75) is 30.8 Å². The van der Waals surface area contributed by atoms with Crippen molar-refractivity contribution in [1.82, 2.24) is 34.5 Å².